The van der Waals surface area contributed by atoms with Gasteiger partial charge in [0.05, 0.1) is 6.54 Å². The quantitative estimate of drug-likeness (QED) is 0.749. The number of aromatic nitrogens is 4. The molecular formula is C10H10N4O2. The van der Waals surface area contributed by atoms with Gasteiger partial charge in [-0.15, -0.1) is 0 Å². The Morgan fingerprint density at radius 2 is 2.00 bits per heavy atom. The number of nitrogens with one attached hydrogen (secondary N) is 1. The molecule has 0 aliphatic heterocycles. The molecule has 0 aromatic carbocycles. The standard InChI is InChI=1S/C10H10N4O2/c1-7-5-14(10(16)13-9(7)15)6-8-11-3-2-4-12-8/h2-5H,6H2,1H3,(H,13,15,16). The maximum atomic E-state index is 11.4. The molecule has 16 heavy (non-hydrogen) atoms. The van der Waals surface area contributed by atoms with Crippen LogP contribution in [0.4, 0.5) is 0 Å². The molecule has 6 heteroatoms. The van der Waals surface area contributed by atoms with Gasteiger partial charge in [-0.3, -0.25) is 14.3 Å². The number of aryl methyl sites for hydroxylation is 1. The first-order chi connectivity index (χ1) is 7.66. The average Bonchev–Trinajstić information content (AvgIpc) is 2.27. The number of hydrogen-bond donors (Lipinski definition) is 1. The lowest BCUT2D eigenvalue weighted by molar-refractivity contribution is 0.680. The molecule has 2 heterocycles. The molecule has 6 nitrogen and oxygen atoms in total. The van der Waals surface area contributed by atoms with Gasteiger partial charge in [0.2, 0.25) is 0 Å². The van der Waals surface area contributed by atoms with Crippen molar-refractivity contribution in [3.63, 3.8) is 0 Å². The number of H-pyrrole nitrogens is 1. The van der Waals surface area contributed by atoms with Gasteiger partial charge in [0, 0.05) is 24.2 Å². The Bertz CT molecular complexity index is 600. The number of rotatable bonds is 2. The lowest BCUT2D eigenvalue weighted by Gasteiger charge is -2.03. The fraction of sp³-hybridized carbons (Fsp3) is 0.200. The van der Waals surface area contributed by atoms with Gasteiger partial charge in [0.1, 0.15) is 5.82 Å². The van der Waals surface area contributed by atoms with Crippen molar-refractivity contribution >= 4 is 0 Å². The number of hydrogen-bond acceptors (Lipinski definition) is 4. The van der Waals surface area contributed by atoms with E-state index in [-0.39, 0.29) is 12.1 Å². The molecule has 2 aromatic rings. The molecule has 0 aliphatic rings. The summed E-state index contributed by atoms with van der Waals surface area (Å²) < 4.78 is 1.37. The Balaban J connectivity index is 2.40. The molecule has 0 bridgehead atoms. The largest absolute Gasteiger partial charge is 0.328 e. The van der Waals surface area contributed by atoms with Crippen LogP contribution in [0, 0.1) is 6.92 Å². The molecule has 82 valence electrons. The summed E-state index contributed by atoms with van der Waals surface area (Å²) in [7, 11) is 0. The topological polar surface area (TPSA) is 80.6 Å². The fourth-order valence-electron chi connectivity index (χ4n) is 1.30. The number of aromatic amines is 1. The summed E-state index contributed by atoms with van der Waals surface area (Å²) >= 11 is 0. The highest BCUT2D eigenvalue weighted by Gasteiger charge is 2.02. The van der Waals surface area contributed by atoms with Crippen LogP contribution in [-0.4, -0.2) is 19.5 Å². The molecule has 1 N–H and O–H groups in total. The van der Waals surface area contributed by atoms with Crippen LogP contribution < -0.4 is 11.2 Å². The fourth-order valence-corrected chi connectivity index (χ4v) is 1.30. The second kappa shape index (κ2) is 4.09. The van der Waals surface area contributed by atoms with Gasteiger partial charge in [-0.05, 0) is 13.0 Å². The van der Waals surface area contributed by atoms with Crippen molar-refractivity contribution < 1.29 is 0 Å². The molecule has 0 aliphatic carbocycles. The Morgan fingerprint density at radius 1 is 1.31 bits per heavy atom. The second-order valence-corrected chi connectivity index (χ2v) is 3.36. The van der Waals surface area contributed by atoms with Crippen LogP contribution in [0.5, 0.6) is 0 Å². The minimum absolute atomic E-state index is 0.247. The third kappa shape index (κ3) is 2.05. The van der Waals surface area contributed by atoms with Crippen LogP contribution in [0.1, 0.15) is 11.4 Å². The molecule has 0 unspecified atom stereocenters. The van der Waals surface area contributed by atoms with E-state index in [2.05, 4.69) is 15.0 Å². The monoisotopic (exact) mass is 218 g/mol. The van der Waals surface area contributed by atoms with E-state index in [4.69, 9.17) is 0 Å². The van der Waals surface area contributed by atoms with E-state index >= 15 is 0 Å². The molecule has 0 spiro atoms. The maximum Gasteiger partial charge on any atom is 0.328 e. The smallest absolute Gasteiger partial charge is 0.293 e. The van der Waals surface area contributed by atoms with Crippen molar-refractivity contribution in [3.8, 4) is 0 Å². The number of nitrogens with zero attached hydrogens (tertiary/aromatic N) is 3. The summed E-state index contributed by atoms with van der Waals surface area (Å²) in [6.07, 6.45) is 4.70. The second-order valence-electron chi connectivity index (χ2n) is 3.36. The van der Waals surface area contributed by atoms with E-state index in [1.165, 1.54) is 10.8 Å². The predicted molar refractivity (Wildman–Crippen MR) is 57.2 cm³/mol. The van der Waals surface area contributed by atoms with E-state index in [0.29, 0.717) is 11.4 Å². The molecule has 2 aromatic heterocycles. The highest BCUT2D eigenvalue weighted by atomic mass is 16.2. The summed E-state index contributed by atoms with van der Waals surface area (Å²) in [5, 5.41) is 0. The highest BCUT2D eigenvalue weighted by Crippen LogP contribution is 1.91. The zero-order chi connectivity index (χ0) is 11.5. The van der Waals surface area contributed by atoms with Crippen LogP contribution in [0.25, 0.3) is 0 Å². The Morgan fingerprint density at radius 3 is 2.69 bits per heavy atom. The first-order valence-electron chi connectivity index (χ1n) is 4.73. The van der Waals surface area contributed by atoms with Crippen LogP contribution in [0.15, 0.2) is 34.2 Å². The third-order valence-corrected chi connectivity index (χ3v) is 2.12. The zero-order valence-corrected chi connectivity index (χ0v) is 8.67. The molecule has 0 amide bonds. The predicted octanol–water partition coefficient (Wildman–Crippen LogP) is -0.317. The van der Waals surface area contributed by atoms with Gasteiger partial charge in [-0.25, -0.2) is 14.8 Å². The molecule has 0 saturated heterocycles. The van der Waals surface area contributed by atoms with Crippen molar-refractivity contribution in [2.45, 2.75) is 13.5 Å². The van der Waals surface area contributed by atoms with E-state index in [0.717, 1.165) is 0 Å². The Hall–Kier alpha value is -2.24. The van der Waals surface area contributed by atoms with E-state index in [9.17, 15) is 9.59 Å². The first kappa shape index (κ1) is 10.3. The minimum atomic E-state index is -0.456. The van der Waals surface area contributed by atoms with Gasteiger partial charge < -0.3 is 0 Å². The van der Waals surface area contributed by atoms with Gasteiger partial charge in [0.15, 0.2) is 0 Å². The minimum Gasteiger partial charge on any atom is -0.293 e. The van der Waals surface area contributed by atoms with Crippen LogP contribution in [0.3, 0.4) is 0 Å². The maximum absolute atomic E-state index is 11.4. The van der Waals surface area contributed by atoms with E-state index < -0.39 is 5.69 Å². The van der Waals surface area contributed by atoms with Gasteiger partial charge in [-0.2, -0.15) is 0 Å². The van der Waals surface area contributed by atoms with E-state index in [1.54, 1.807) is 25.4 Å². The van der Waals surface area contributed by atoms with Crippen LogP contribution in [0.2, 0.25) is 0 Å². The van der Waals surface area contributed by atoms with Crippen LogP contribution in [-0.2, 0) is 6.54 Å². The normalized spacial score (nSPS) is 10.3. The van der Waals surface area contributed by atoms with Gasteiger partial charge in [0.25, 0.3) is 5.56 Å². The van der Waals surface area contributed by atoms with Crippen molar-refractivity contribution in [1.29, 1.82) is 0 Å². The highest BCUT2D eigenvalue weighted by molar-refractivity contribution is 5.02. The molecule has 2 rings (SSSR count). The summed E-state index contributed by atoms with van der Waals surface area (Å²) in [6, 6.07) is 1.70. The SMILES string of the molecule is Cc1cn(Cc2ncccn2)c(=O)[nH]c1=O. The molecule has 0 fully saturated rings. The first-order valence-corrected chi connectivity index (χ1v) is 4.73. The summed E-state index contributed by atoms with van der Waals surface area (Å²) in [6.45, 7) is 1.89. The zero-order valence-electron chi connectivity index (χ0n) is 8.67. The lowest BCUT2D eigenvalue weighted by atomic mass is 10.4. The average molecular weight is 218 g/mol. The molecular weight excluding hydrogens is 208 g/mol. The Kier molecular flexibility index (Phi) is 2.63. The molecule has 0 radical (unpaired) electrons. The lowest BCUT2D eigenvalue weighted by Crippen LogP contribution is -2.31. The molecule has 0 saturated carbocycles. The molecule has 0 atom stereocenters. The van der Waals surface area contributed by atoms with Crippen molar-refractivity contribution in [2.24, 2.45) is 0 Å². The summed E-state index contributed by atoms with van der Waals surface area (Å²) in [4.78, 5) is 32.8. The van der Waals surface area contributed by atoms with E-state index in [1.807, 2.05) is 0 Å². The van der Waals surface area contributed by atoms with Gasteiger partial charge in [-0.1, -0.05) is 0 Å². The van der Waals surface area contributed by atoms with Crippen molar-refractivity contribution in [3.05, 3.63) is 56.9 Å². The van der Waals surface area contributed by atoms with Gasteiger partial charge >= 0.3 is 5.69 Å². The van der Waals surface area contributed by atoms with Crippen LogP contribution >= 0.6 is 0 Å². The van der Waals surface area contributed by atoms with Crippen molar-refractivity contribution in [1.82, 2.24) is 19.5 Å². The third-order valence-electron chi connectivity index (χ3n) is 2.12. The Labute approximate surface area is 90.6 Å². The summed E-state index contributed by atoms with van der Waals surface area (Å²) in [5.74, 6) is 0.524. The summed E-state index contributed by atoms with van der Waals surface area (Å²) in [5.41, 5.74) is -0.339. The van der Waals surface area contributed by atoms with Crippen molar-refractivity contribution in [2.75, 3.05) is 0 Å².